The van der Waals surface area contributed by atoms with E-state index in [1.54, 1.807) is 0 Å². The first-order chi connectivity index (χ1) is 6.57. The zero-order valence-electron chi connectivity index (χ0n) is 8.44. The van der Waals surface area contributed by atoms with Crippen LogP contribution in [-0.2, 0) is 4.79 Å². The molecule has 84 valence electrons. The van der Waals surface area contributed by atoms with Crippen molar-refractivity contribution in [1.82, 2.24) is 0 Å². The monoisotopic (exact) mass is 205 g/mol. The fraction of sp³-hybridized carbons (Fsp3) is 0.889. The second-order valence-electron chi connectivity index (χ2n) is 3.58. The van der Waals surface area contributed by atoms with Crippen LogP contribution in [0.15, 0.2) is 0 Å². The SMILES string of the molecule is CCCC(C(N)=O)C(CO)(CO)CO. The number of aliphatic hydroxyl groups is 3. The van der Waals surface area contributed by atoms with Crippen molar-refractivity contribution < 1.29 is 20.1 Å². The van der Waals surface area contributed by atoms with Crippen molar-refractivity contribution in [1.29, 1.82) is 0 Å². The van der Waals surface area contributed by atoms with Crippen molar-refractivity contribution in [2.45, 2.75) is 19.8 Å². The third kappa shape index (κ3) is 2.67. The van der Waals surface area contributed by atoms with Crippen LogP contribution < -0.4 is 5.73 Å². The molecule has 0 bridgehead atoms. The Labute approximate surface area is 83.5 Å². The Morgan fingerprint density at radius 2 is 1.71 bits per heavy atom. The molecule has 0 aromatic rings. The maximum absolute atomic E-state index is 11.1. The molecule has 5 nitrogen and oxygen atoms in total. The summed E-state index contributed by atoms with van der Waals surface area (Å²) in [7, 11) is 0. The van der Waals surface area contributed by atoms with Gasteiger partial charge in [-0.1, -0.05) is 13.3 Å². The van der Waals surface area contributed by atoms with Gasteiger partial charge in [-0.25, -0.2) is 0 Å². The lowest BCUT2D eigenvalue weighted by Gasteiger charge is -2.34. The van der Waals surface area contributed by atoms with Gasteiger partial charge in [0, 0.05) is 5.92 Å². The highest BCUT2D eigenvalue weighted by Crippen LogP contribution is 2.30. The Hall–Kier alpha value is -0.650. The topological polar surface area (TPSA) is 104 Å². The standard InChI is InChI=1S/C9H19NO4/c1-2-3-7(8(10)14)9(4-11,5-12)6-13/h7,11-13H,2-6H2,1H3,(H2,10,14). The van der Waals surface area contributed by atoms with E-state index < -0.39 is 37.1 Å². The Morgan fingerprint density at radius 3 is 1.93 bits per heavy atom. The van der Waals surface area contributed by atoms with Crippen LogP contribution in [-0.4, -0.2) is 41.0 Å². The number of aliphatic hydroxyl groups excluding tert-OH is 3. The van der Waals surface area contributed by atoms with E-state index in [2.05, 4.69) is 0 Å². The molecule has 0 heterocycles. The third-order valence-corrected chi connectivity index (χ3v) is 2.60. The van der Waals surface area contributed by atoms with Gasteiger partial charge in [0.1, 0.15) is 0 Å². The first kappa shape index (κ1) is 13.4. The minimum Gasteiger partial charge on any atom is -0.396 e. The van der Waals surface area contributed by atoms with Crippen LogP contribution in [0.1, 0.15) is 19.8 Å². The lowest BCUT2D eigenvalue weighted by molar-refractivity contribution is -0.133. The highest BCUT2D eigenvalue weighted by molar-refractivity contribution is 5.77. The molecule has 0 fully saturated rings. The molecule has 1 amide bonds. The molecule has 0 saturated heterocycles. The molecule has 1 atom stereocenters. The third-order valence-electron chi connectivity index (χ3n) is 2.60. The first-order valence-electron chi connectivity index (χ1n) is 4.69. The normalized spacial score (nSPS) is 14.0. The molecule has 0 aromatic carbocycles. The fourth-order valence-electron chi connectivity index (χ4n) is 1.52. The predicted octanol–water partition coefficient (Wildman–Crippen LogP) is -1.15. The summed E-state index contributed by atoms with van der Waals surface area (Å²) >= 11 is 0. The van der Waals surface area contributed by atoms with Gasteiger partial charge in [0.2, 0.25) is 5.91 Å². The number of rotatable bonds is 7. The van der Waals surface area contributed by atoms with Crippen molar-refractivity contribution in [3.8, 4) is 0 Å². The number of nitrogens with two attached hydrogens (primary N) is 1. The number of primary amides is 1. The number of carbonyl (C=O) groups is 1. The Balaban J connectivity index is 4.79. The summed E-state index contributed by atoms with van der Waals surface area (Å²) < 4.78 is 0. The van der Waals surface area contributed by atoms with E-state index in [1.807, 2.05) is 6.92 Å². The van der Waals surface area contributed by atoms with E-state index in [9.17, 15) is 4.79 Å². The summed E-state index contributed by atoms with van der Waals surface area (Å²) in [5, 5.41) is 27.3. The van der Waals surface area contributed by atoms with Crippen molar-refractivity contribution in [2.75, 3.05) is 19.8 Å². The van der Waals surface area contributed by atoms with Gasteiger partial charge in [-0.2, -0.15) is 0 Å². The summed E-state index contributed by atoms with van der Waals surface area (Å²) in [5.74, 6) is -1.28. The lowest BCUT2D eigenvalue weighted by atomic mass is 9.74. The highest BCUT2D eigenvalue weighted by atomic mass is 16.3. The van der Waals surface area contributed by atoms with E-state index in [0.717, 1.165) is 0 Å². The van der Waals surface area contributed by atoms with Crippen molar-refractivity contribution >= 4 is 5.91 Å². The molecular weight excluding hydrogens is 186 g/mol. The summed E-state index contributed by atoms with van der Waals surface area (Å²) in [4.78, 5) is 11.1. The molecule has 5 heteroatoms. The fourth-order valence-corrected chi connectivity index (χ4v) is 1.52. The van der Waals surface area contributed by atoms with Gasteiger partial charge >= 0.3 is 0 Å². The predicted molar refractivity (Wildman–Crippen MR) is 51.3 cm³/mol. The van der Waals surface area contributed by atoms with Crippen molar-refractivity contribution in [3.05, 3.63) is 0 Å². The second-order valence-corrected chi connectivity index (χ2v) is 3.58. The molecule has 14 heavy (non-hydrogen) atoms. The minimum absolute atomic E-state index is 0.451. The second kappa shape index (κ2) is 5.95. The van der Waals surface area contributed by atoms with Gasteiger partial charge in [0.05, 0.1) is 25.2 Å². The van der Waals surface area contributed by atoms with Gasteiger partial charge < -0.3 is 21.1 Å². The van der Waals surface area contributed by atoms with E-state index in [-0.39, 0.29) is 0 Å². The van der Waals surface area contributed by atoms with Gasteiger partial charge in [0.15, 0.2) is 0 Å². The molecular formula is C9H19NO4. The Kier molecular flexibility index (Phi) is 5.68. The summed E-state index contributed by atoms with van der Waals surface area (Å²) in [6, 6.07) is 0. The highest BCUT2D eigenvalue weighted by Gasteiger charge is 2.40. The van der Waals surface area contributed by atoms with Crippen LogP contribution in [0.25, 0.3) is 0 Å². The maximum Gasteiger partial charge on any atom is 0.221 e. The van der Waals surface area contributed by atoms with E-state index in [0.29, 0.717) is 12.8 Å². The van der Waals surface area contributed by atoms with Crippen LogP contribution in [0.3, 0.4) is 0 Å². The minimum atomic E-state index is -1.19. The molecule has 0 radical (unpaired) electrons. The molecule has 0 spiro atoms. The molecule has 0 saturated carbocycles. The molecule has 5 N–H and O–H groups in total. The summed E-state index contributed by atoms with van der Waals surface area (Å²) in [5.41, 5.74) is 3.97. The van der Waals surface area contributed by atoms with Gasteiger partial charge in [0.25, 0.3) is 0 Å². The van der Waals surface area contributed by atoms with E-state index in [4.69, 9.17) is 21.1 Å². The Bertz CT molecular complexity index is 171. The molecule has 0 aliphatic rings. The molecule has 0 rings (SSSR count). The maximum atomic E-state index is 11.1. The number of hydrogen-bond donors (Lipinski definition) is 4. The van der Waals surface area contributed by atoms with Gasteiger partial charge in [-0.05, 0) is 6.42 Å². The van der Waals surface area contributed by atoms with E-state index in [1.165, 1.54) is 0 Å². The number of hydrogen-bond acceptors (Lipinski definition) is 4. The zero-order valence-corrected chi connectivity index (χ0v) is 8.44. The smallest absolute Gasteiger partial charge is 0.221 e. The largest absolute Gasteiger partial charge is 0.396 e. The van der Waals surface area contributed by atoms with Gasteiger partial charge in [-0.15, -0.1) is 0 Å². The van der Waals surface area contributed by atoms with E-state index >= 15 is 0 Å². The average Bonchev–Trinajstić information content (AvgIpc) is 2.19. The van der Waals surface area contributed by atoms with Crippen molar-refractivity contribution in [3.63, 3.8) is 0 Å². The van der Waals surface area contributed by atoms with Gasteiger partial charge in [-0.3, -0.25) is 4.79 Å². The number of carbonyl (C=O) groups excluding carboxylic acids is 1. The van der Waals surface area contributed by atoms with Crippen molar-refractivity contribution in [2.24, 2.45) is 17.1 Å². The average molecular weight is 205 g/mol. The van der Waals surface area contributed by atoms with Crippen LogP contribution in [0.5, 0.6) is 0 Å². The molecule has 0 aromatic heterocycles. The van der Waals surface area contributed by atoms with Crippen LogP contribution >= 0.6 is 0 Å². The summed E-state index contributed by atoms with van der Waals surface area (Å²) in [6.07, 6.45) is 1.16. The quantitative estimate of drug-likeness (QED) is 0.421. The van der Waals surface area contributed by atoms with Crippen LogP contribution in [0.2, 0.25) is 0 Å². The molecule has 0 aliphatic heterocycles. The molecule has 0 aliphatic carbocycles. The van der Waals surface area contributed by atoms with Crippen LogP contribution in [0.4, 0.5) is 0 Å². The Morgan fingerprint density at radius 1 is 1.29 bits per heavy atom. The van der Waals surface area contributed by atoms with Crippen LogP contribution in [0, 0.1) is 11.3 Å². The first-order valence-corrected chi connectivity index (χ1v) is 4.69. The number of amides is 1. The summed E-state index contributed by atoms with van der Waals surface area (Å²) in [6.45, 7) is 0.516. The lowest BCUT2D eigenvalue weighted by Crippen LogP contribution is -2.47. The molecule has 1 unspecified atom stereocenters. The zero-order chi connectivity index (χ0) is 11.2.